The molecule has 1 unspecified atom stereocenters. The molecule has 0 aromatic heterocycles. The van der Waals surface area contributed by atoms with Crippen LogP contribution in [0.25, 0.3) is 0 Å². The molecular weight excluding hydrogens is 381 g/mol. The van der Waals surface area contributed by atoms with E-state index >= 15 is 0 Å². The summed E-state index contributed by atoms with van der Waals surface area (Å²) in [6, 6.07) is 12.9. The first-order valence-corrected chi connectivity index (χ1v) is 8.48. The van der Waals surface area contributed by atoms with E-state index in [9.17, 15) is 4.79 Å². The van der Waals surface area contributed by atoms with Gasteiger partial charge in [0, 0.05) is 23.1 Å². The Bertz CT molecular complexity index is 750. The number of hydrogen-bond acceptors (Lipinski definition) is 3. The fourth-order valence-corrected chi connectivity index (χ4v) is 3.11. The number of likely N-dealkylation sites (N-methyl/N-ethyl adjacent to an activating group) is 1. The van der Waals surface area contributed by atoms with Gasteiger partial charge < -0.3 is 15.1 Å². The molecule has 4 nitrogen and oxygen atoms in total. The minimum Gasteiger partial charge on any atom is -0.345 e. The van der Waals surface area contributed by atoms with Gasteiger partial charge in [0.15, 0.2) is 0 Å². The van der Waals surface area contributed by atoms with Crippen LogP contribution in [-0.2, 0) is 0 Å². The second kappa shape index (κ2) is 8.28. The number of amides is 1. The molecule has 0 aliphatic carbocycles. The molecule has 1 N–H and O–H groups in total. The lowest BCUT2D eigenvalue weighted by atomic mass is 10.0. The first-order chi connectivity index (χ1) is 11.5. The van der Waals surface area contributed by atoms with Crippen molar-refractivity contribution in [3.8, 4) is 0 Å². The first-order valence-electron chi connectivity index (χ1n) is 7.73. The van der Waals surface area contributed by atoms with Crippen LogP contribution in [-0.4, -0.2) is 38.0 Å². The predicted molar refractivity (Wildman–Crippen MR) is 106 cm³/mol. The third-order valence-electron chi connectivity index (χ3n) is 4.07. The summed E-state index contributed by atoms with van der Waals surface area (Å²) in [5, 5.41) is 4.37. The van der Waals surface area contributed by atoms with Crippen molar-refractivity contribution in [2.75, 3.05) is 32.1 Å². The van der Waals surface area contributed by atoms with E-state index in [2.05, 4.69) is 15.1 Å². The molecule has 1 aliphatic rings. The molecule has 0 radical (unpaired) electrons. The maximum absolute atomic E-state index is 12.5. The number of fused-ring (bicyclic) bond motifs is 1. The molecule has 7 heteroatoms. The van der Waals surface area contributed by atoms with Crippen LogP contribution in [0.4, 0.5) is 5.69 Å². The lowest BCUT2D eigenvalue weighted by Crippen LogP contribution is -2.48. The van der Waals surface area contributed by atoms with Gasteiger partial charge in [-0.3, -0.25) is 4.79 Å². The van der Waals surface area contributed by atoms with E-state index in [1.54, 1.807) is 12.1 Å². The zero-order valence-corrected chi connectivity index (χ0v) is 16.3. The van der Waals surface area contributed by atoms with Gasteiger partial charge in [0.05, 0.1) is 11.3 Å². The summed E-state index contributed by atoms with van der Waals surface area (Å²) in [4.78, 5) is 16.8. The van der Waals surface area contributed by atoms with E-state index in [1.807, 2.05) is 44.4 Å². The number of rotatable bonds is 4. The highest BCUT2D eigenvalue weighted by molar-refractivity contribution is 6.31. The minimum absolute atomic E-state index is 0. The maximum Gasteiger partial charge on any atom is 0.255 e. The highest BCUT2D eigenvalue weighted by atomic mass is 35.5. The molecule has 3 rings (SSSR count). The lowest BCUT2D eigenvalue weighted by Gasteiger charge is -2.40. The highest BCUT2D eigenvalue weighted by Crippen LogP contribution is 2.35. The van der Waals surface area contributed by atoms with Crippen LogP contribution in [0.2, 0.25) is 10.0 Å². The molecule has 134 valence electrons. The maximum atomic E-state index is 12.5. The number of carbonyl (C=O) groups excluding carboxylic acids is 1. The molecule has 1 atom stereocenters. The van der Waals surface area contributed by atoms with E-state index < -0.39 is 0 Å². The summed E-state index contributed by atoms with van der Waals surface area (Å²) in [6.45, 7) is 1.61. The second-order valence-electron chi connectivity index (χ2n) is 6.09. The van der Waals surface area contributed by atoms with Crippen LogP contribution in [0.5, 0.6) is 0 Å². The standard InChI is InChI=1S/C18H19Cl2N3O.ClH/c1-22(2)9-10-23-16-11-14(20)7-8-15(16)18(24)21-17(23)12-3-5-13(19)6-4-12;/h3-8,11,17H,9-10H2,1-2H3,(H,21,24);1H. The van der Waals surface area contributed by atoms with Gasteiger partial charge >= 0.3 is 0 Å². The van der Waals surface area contributed by atoms with Gasteiger partial charge in [0.25, 0.3) is 5.91 Å². The van der Waals surface area contributed by atoms with Crippen molar-refractivity contribution in [3.05, 3.63) is 63.6 Å². The third-order valence-corrected chi connectivity index (χ3v) is 4.55. The Kier molecular flexibility index (Phi) is 6.58. The van der Waals surface area contributed by atoms with Gasteiger partial charge in [-0.1, -0.05) is 35.3 Å². The van der Waals surface area contributed by atoms with Gasteiger partial charge in [0.2, 0.25) is 0 Å². The van der Waals surface area contributed by atoms with E-state index in [0.717, 1.165) is 24.3 Å². The van der Waals surface area contributed by atoms with Crippen LogP contribution in [0.3, 0.4) is 0 Å². The average Bonchev–Trinajstić information content (AvgIpc) is 2.54. The summed E-state index contributed by atoms with van der Waals surface area (Å²) >= 11 is 12.2. The van der Waals surface area contributed by atoms with Crippen molar-refractivity contribution in [1.82, 2.24) is 10.2 Å². The molecule has 0 spiro atoms. The average molecular weight is 401 g/mol. The van der Waals surface area contributed by atoms with Gasteiger partial charge in [-0.25, -0.2) is 0 Å². The fraction of sp³-hybridized carbons (Fsp3) is 0.278. The summed E-state index contributed by atoms with van der Waals surface area (Å²) in [7, 11) is 4.05. The van der Waals surface area contributed by atoms with E-state index in [0.29, 0.717) is 15.6 Å². The molecule has 0 saturated heterocycles. The SMILES string of the molecule is CN(C)CCN1c2cc(Cl)ccc2C(=O)NC1c1ccc(Cl)cc1.Cl. The van der Waals surface area contributed by atoms with Crippen molar-refractivity contribution in [2.45, 2.75) is 6.17 Å². The third kappa shape index (κ3) is 4.39. The van der Waals surface area contributed by atoms with E-state index in [1.165, 1.54) is 0 Å². The molecule has 1 heterocycles. The van der Waals surface area contributed by atoms with Crippen molar-refractivity contribution >= 4 is 47.2 Å². The lowest BCUT2D eigenvalue weighted by molar-refractivity contribution is 0.0926. The zero-order chi connectivity index (χ0) is 17.3. The molecule has 1 aliphatic heterocycles. The summed E-state index contributed by atoms with van der Waals surface area (Å²) in [5.74, 6) is -0.0947. The number of halogens is 3. The van der Waals surface area contributed by atoms with Crippen molar-refractivity contribution < 1.29 is 4.79 Å². The molecule has 2 aromatic rings. The monoisotopic (exact) mass is 399 g/mol. The number of hydrogen-bond donors (Lipinski definition) is 1. The number of nitrogens with one attached hydrogen (secondary N) is 1. The summed E-state index contributed by atoms with van der Waals surface area (Å²) in [6.07, 6.45) is -0.249. The van der Waals surface area contributed by atoms with Crippen molar-refractivity contribution in [2.24, 2.45) is 0 Å². The Labute approximate surface area is 164 Å². The summed E-state index contributed by atoms with van der Waals surface area (Å²) < 4.78 is 0. The smallest absolute Gasteiger partial charge is 0.255 e. The largest absolute Gasteiger partial charge is 0.345 e. The summed E-state index contributed by atoms with van der Waals surface area (Å²) in [5.41, 5.74) is 2.48. The normalized spacial score (nSPS) is 16.3. The topological polar surface area (TPSA) is 35.6 Å². The van der Waals surface area contributed by atoms with Crippen LogP contribution < -0.4 is 10.2 Å². The van der Waals surface area contributed by atoms with Gasteiger partial charge in [-0.15, -0.1) is 12.4 Å². The highest BCUT2D eigenvalue weighted by Gasteiger charge is 2.31. The number of benzene rings is 2. The molecule has 2 aromatic carbocycles. The predicted octanol–water partition coefficient (Wildman–Crippen LogP) is 4.23. The van der Waals surface area contributed by atoms with Gasteiger partial charge in [-0.2, -0.15) is 0 Å². The van der Waals surface area contributed by atoms with Crippen LogP contribution in [0.15, 0.2) is 42.5 Å². The number of carbonyl (C=O) groups is 1. The Morgan fingerprint density at radius 3 is 2.36 bits per heavy atom. The minimum atomic E-state index is -0.249. The van der Waals surface area contributed by atoms with E-state index in [-0.39, 0.29) is 24.5 Å². The van der Waals surface area contributed by atoms with E-state index in [4.69, 9.17) is 23.2 Å². The first kappa shape index (κ1) is 19.9. The Morgan fingerprint density at radius 1 is 1.08 bits per heavy atom. The molecule has 0 bridgehead atoms. The Balaban J connectivity index is 0.00000225. The molecule has 0 fully saturated rings. The van der Waals surface area contributed by atoms with Crippen LogP contribution in [0, 0.1) is 0 Å². The fourth-order valence-electron chi connectivity index (χ4n) is 2.82. The molecular formula is C18H20Cl3N3O. The number of nitrogens with zero attached hydrogens (tertiary/aromatic N) is 2. The van der Waals surface area contributed by atoms with Crippen LogP contribution in [0.1, 0.15) is 22.1 Å². The Morgan fingerprint density at radius 2 is 1.72 bits per heavy atom. The molecule has 1 amide bonds. The van der Waals surface area contributed by atoms with Gasteiger partial charge in [-0.05, 0) is 50.0 Å². The molecule has 0 saturated carbocycles. The Hall–Kier alpha value is -1.46. The zero-order valence-electron chi connectivity index (χ0n) is 14.0. The van der Waals surface area contributed by atoms with Crippen molar-refractivity contribution in [3.63, 3.8) is 0 Å². The number of anilines is 1. The van der Waals surface area contributed by atoms with Crippen molar-refractivity contribution in [1.29, 1.82) is 0 Å². The van der Waals surface area contributed by atoms with Crippen LogP contribution >= 0.6 is 35.6 Å². The molecule has 25 heavy (non-hydrogen) atoms. The van der Waals surface area contributed by atoms with Gasteiger partial charge in [0.1, 0.15) is 6.17 Å². The second-order valence-corrected chi connectivity index (χ2v) is 6.96. The quantitative estimate of drug-likeness (QED) is 0.834.